The van der Waals surface area contributed by atoms with Gasteiger partial charge in [0.25, 0.3) is 0 Å². The fraction of sp³-hybridized carbons (Fsp3) is 0.471. The van der Waals surface area contributed by atoms with Gasteiger partial charge in [-0.1, -0.05) is 44.2 Å². The van der Waals surface area contributed by atoms with E-state index in [1.165, 1.54) is 11.1 Å². The molecule has 1 aromatic carbocycles. The Hall–Kier alpha value is -1.36. The first-order valence-electron chi connectivity index (χ1n) is 7.62. The zero-order valence-electron chi connectivity index (χ0n) is 13.2. The molecule has 0 radical (unpaired) electrons. The molecule has 120 valence electrons. The van der Waals surface area contributed by atoms with Gasteiger partial charge in [-0.05, 0) is 17.4 Å². The summed E-state index contributed by atoms with van der Waals surface area (Å²) in [6.07, 6.45) is 3.01. The van der Waals surface area contributed by atoms with Crippen LogP contribution in [0.2, 0.25) is 0 Å². The number of halogens is 1. The molecule has 1 aliphatic rings. The fourth-order valence-corrected chi connectivity index (χ4v) is 3.15. The highest BCUT2D eigenvalue weighted by atomic mass is 35.5. The van der Waals surface area contributed by atoms with Crippen LogP contribution in [0.4, 0.5) is 0 Å². The average molecular weight is 321 g/mol. The normalized spacial score (nSPS) is 21.3. The lowest BCUT2D eigenvalue weighted by Gasteiger charge is -2.42. The molecule has 0 saturated carbocycles. The maximum Gasteiger partial charge on any atom is 0.0695 e. The Labute approximate surface area is 138 Å². The number of benzene rings is 1. The smallest absolute Gasteiger partial charge is 0.0695 e. The van der Waals surface area contributed by atoms with Crippen LogP contribution in [0.3, 0.4) is 0 Å². The van der Waals surface area contributed by atoms with E-state index in [9.17, 15) is 0 Å². The molecule has 22 heavy (non-hydrogen) atoms. The topological polar surface area (TPSA) is 57.9 Å². The standard InChI is InChI=1S/C17H24N4.ClH/c1-17(2)12-21(9-8-15(17)18)11-14-10-19-20-16(14)13-6-4-3-5-7-13;/h3-7,10,15H,8-9,11-12,18H2,1-2H3,(H,19,20);1H. The van der Waals surface area contributed by atoms with Crippen molar-refractivity contribution in [1.82, 2.24) is 15.1 Å². The van der Waals surface area contributed by atoms with Gasteiger partial charge in [0.05, 0.1) is 11.9 Å². The molecule has 1 unspecified atom stereocenters. The van der Waals surface area contributed by atoms with E-state index in [-0.39, 0.29) is 17.8 Å². The van der Waals surface area contributed by atoms with Crippen molar-refractivity contribution in [3.05, 3.63) is 42.1 Å². The summed E-state index contributed by atoms with van der Waals surface area (Å²) in [5, 5.41) is 7.38. The quantitative estimate of drug-likeness (QED) is 0.913. The van der Waals surface area contributed by atoms with Crippen LogP contribution in [0.15, 0.2) is 36.5 Å². The number of nitrogens with two attached hydrogens (primary N) is 1. The monoisotopic (exact) mass is 320 g/mol. The molecule has 2 aromatic rings. The summed E-state index contributed by atoms with van der Waals surface area (Å²) in [6.45, 7) is 7.54. The largest absolute Gasteiger partial charge is 0.327 e. The SMILES string of the molecule is CC1(C)CN(Cc2cn[nH]c2-c2ccccc2)CCC1N.Cl. The zero-order chi connectivity index (χ0) is 14.9. The Kier molecular flexibility index (Phi) is 5.27. The Morgan fingerprint density at radius 3 is 2.73 bits per heavy atom. The van der Waals surface area contributed by atoms with E-state index in [0.717, 1.165) is 31.7 Å². The van der Waals surface area contributed by atoms with Crippen LogP contribution in [0.5, 0.6) is 0 Å². The van der Waals surface area contributed by atoms with Crippen molar-refractivity contribution < 1.29 is 0 Å². The van der Waals surface area contributed by atoms with Crippen LogP contribution in [0.25, 0.3) is 11.3 Å². The number of rotatable bonds is 3. The second kappa shape index (κ2) is 6.82. The number of nitrogens with zero attached hydrogens (tertiary/aromatic N) is 2. The lowest BCUT2D eigenvalue weighted by atomic mass is 9.79. The number of aromatic amines is 1. The Morgan fingerprint density at radius 1 is 1.32 bits per heavy atom. The third-order valence-electron chi connectivity index (χ3n) is 4.57. The molecule has 1 saturated heterocycles. The van der Waals surface area contributed by atoms with Gasteiger partial charge in [0.2, 0.25) is 0 Å². The maximum atomic E-state index is 6.22. The van der Waals surface area contributed by atoms with Gasteiger partial charge in [0, 0.05) is 31.2 Å². The minimum atomic E-state index is 0. The number of likely N-dealkylation sites (tertiary alicyclic amines) is 1. The summed E-state index contributed by atoms with van der Waals surface area (Å²) in [5.41, 5.74) is 9.98. The minimum absolute atomic E-state index is 0. The van der Waals surface area contributed by atoms with Gasteiger partial charge in [0.1, 0.15) is 0 Å². The molecule has 1 fully saturated rings. The fourth-order valence-electron chi connectivity index (χ4n) is 3.15. The highest BCUT2D eigenvalue weighted by Crippen LogP contribution is 2.30. The molecule has 0 spiro atoms. The van der Waals surface area contributed by atoms with Crippen molar-refractivity contribution in [3.8, 4) is 11.3 Å². The molecular formula is C17H25ClN4. The minimum Gasteiger partial charge on any atom is -0.327 e. The summed E-state index contributed by atoms with van der Waals surface area (Å²) in [6, 6.07) is 10.7. The highest BCUT2D eigenvalue weighted by molar-refractivity contribution is 5.85. The Balaban J connectivity index is 0.00000176. The third kappa shape index (κ3) is 3.51. The van der Waals surface area contributed by atoms with E-state index in [2.05, 4.69) is 53.2 Å². The molecule has 1 atom stereocenters. The van der Waals surface area contributed by atoms with Crippen molar-refractivity contribution in [2.45, 2.75) is 32.9 Å². The number of hydrogen-bond acceptors (Lipinski definition) is 3. The van der Waals surface area contributed by atoms with Crippen LogP contribution in [-0.2, 0) is 6.54 Å². The highest BCUT2D eigenvalue weighted by Gasteiger charge is 2.33. The van der Waals surface area contributed by atoms with E-state index in [1.807, 2.05) is 12.3 Å². The van der Waals surface area contributed by atoms with Crippen LogP contribution in [0, 0.1) is 5.41 Å². The van der Waals surface area contributed by atoms with Crippen LogP contribution in [-0.4, -0.2) is 34.2 Å². The Morgan fingerprint density at radius 2 is 2.05 bits per heavy atom. The van der Waals surface area contributed by atoms with Gasteiger partial charge in [-0.3, -0.25) is 10.00 Å². The van der Waals surface area contributed by atoms with Crippen LogP contribution < -0.4 is 5.73 Å². The number of piperidine rings is 1. The van der Waals surface area contributed by atoms with Crippen LogP contribution >= 0.6 is 12.4 Å². The molecule has 0 aliphatic carbocycles. The predicted octanol–water partition coefficient (Wildman–Crippen LogP) is 3.06. The number of hydrogen-bond donors (Lipinski definition) is 2. The number of nitrogens with one attached hydrogen (secondary N) is 1. The number of H-pyrrole nitrogens is 1. The number of aromatic nitrogens is 2. The molecule has 5 heteroatoms. The first-order chi connectivity index (χ1) is 10.1. The van der Waals surface area contributed by atoms with Gasteiger partial charge in [-0.15, -0.1) is 12.4 Å². The molecule has 1 aromatic heterocycles. The molecular weight excluding hydrogens is 296 g/mol. The maximum absolute atomic E-state index is 6.22. The summed E-state index contributed by atoms with van der Waals surface area (Å²) in [5.74, 6) is 0. The Bertz CT molecular complexity index is 594. The summed E-state index contributed by atoms with van der Waals surface area (Å²) in [7, 11) is 0. The molecule has 0 amide bonds. The van der Waals surface area contributed by atoms with Gasteiger partial charge < -0.3 is 5.73 Å². The lowest BCUT2D eigenvalue weighted by molar-refractivity contribution is 0.0900. The van der Waals surface area contributed by atoms with E-state index in [0.29, 0.717) is 6.04 Å². The molecule has 0 bridgehead atoms. The molecule has 3 N–H and O–H groups in total. The molecule has 1 aliphatic heterocycles. The summed E-state index contributed by atoms with van der Waals surface area (Å²) in [4.78, 5) is 2.49. The summed E-state index contributed by atoms with van der Waals surface area (Å²) >= 11 is 0. The van der Waals surface area contributed by atoms with Gasteiger partial charge >= 0.3 is 0 Å². The average Bonchev–Trinajstić information content (AvgIpc) is 2.92. The molecule has 2 heterocycles. The van der Waals surface area contributed by atoms with Crippen molar-refractivity contribution in [3.63, 3.8) is 0 Å². The van der Waals surface area contributed by atoms with Gasteiger partial charge in [-0.25, -0.2) is 0 Å². The van der Waals surface area contributed by atoms with Crippen molar-refractivity contribution in [2.75, 3.05) is 13.1 Å². The summed E-state index contributed by atoms with van der Waals surface area (Å²) < 4.78 is 0. The van der Waals surface area contributed by atoms with Gasteiger partial charge in [0.15, 0.2) is 0 Å². The molecule has 3 rings (SSSR count). The second-order valence-corrected chi connectivity index (χ2v) is 6.73. The molecule has 4 nitrogen and oxygen atoms in total. The third-order valence-corrected chi connectivity index (χ3v) is 4.57. The first kappa shape index (κ1) is 17.0. The van der Waals surface area contributed by atoms with Crippen molar-refractivity contribution >= 4 is 12.4 Å². The van der Waals surface area contributed by atoms with Gasteiger partial charge in [-0.2, -0.15) is 5.10 Å². The van der Waals surface area contributed by atoms with E-state index in [1.54, 1.807) is 0 Å². The predicted molar refractivity (Wildman–Crippen MR) is 92.9 cm³/mol. The lowest BCUT2D eigenvalue weighted by Crippen LogP contribution is -2.52. The van der Waals surface area contributed by atoms with E-state index >= 15 is 0 Å². The second-order valence-electron chi connectivity index (χ2n) is 6.73. The van der Waals surface area contributed by atoms with E-state index < -0.39 is 0 Å². The first-order valence-corrected chi connectivity index (χ1v) is 7.62. The van der Waals surface area contributed by atoms with Crippen LogP contribution in [0.1, 0.15) is 25.8 Å². The van der Waals surface area contributed by atoms with E-state index in [4.69, 9.17) is 5.73 Å². The van der Waals surface area contributed by atoms with Crippen molar-refractivity contribution in [1.29, 1.82) is 0 Å². The van der Waals surface area contributed by atoms with Crippen molar-refractivity contribution in [2.24, 2.45) is 11.1 Å². The zero-order valence-corrected chi connectivity index (χ0v) is 14.1.